The first-order valence-corrected chi connectivity index (χ1v) is 4.94. The van der Waals surface area contributed by atoms with Crippen LogP contribution >= 0.6 is 0 Å². The van der Waals surface area contributed by atoms with E-state index in [2.05, 4.69) is 0 Å². The van der Waals surface area contributed by atoms with Gasteiger partial charge in [-0.2, -0.15) is 18.4 Å². The SMILES string of the molecule is C[C@H](C#N)CC(=O)c1ccc(C(F)(F)F)cc1. The van der Waals surface area contributed by atoms with E-state index >= 15 is 0 Å². The van der Waals surface area contributed by atoms with Gasteiger partial charge in [-0.05, 0) is 19.1 Å². The van der Waals surface area contributed by atoms with E-state index in [1.165, 1.54) is 0 Å². The fraction of sp³-hybridized carbons (Fsp3) is 0.333. The van der Waals surface area contributed by atoms with Gasteiger partial charge in [0.25, 0.3) is 0 Å². The van der Waals surface area contributed by atoms with Crippen molar-refractivity contribution in [3.05, 3.63) is 35.4 Å². The van der Waals surface area contributed by atoms with E-state index in [-0.39, 0.29) is 17.8 Å². The zero-order chi connectivity index (χ0) is 13.1. The van der Waals surface area contributed by atoms with Crippen molar-refractivity contribution in [3.8, 4) is 6.07 Å². The molecule has 5 heteroatoms. The van der Waals surface area contributed by atoms with Gasteiger partial charge in [0.1, 0.15) is 0 Å². The van der Waals surface area contributed by atoms with Crippen molar-refractivity contribution in [2.75, 3.05) is 0 Å². The van der Waals surface area contributed by atoms with Crippen molar-refractivity contribution in [3.63, 3.8) is 0 Å². The van der Waals surface area contributed by atoms with Crippen LogP contribution in [0.25, 0.3) is 0 Å². The highest BCUT2D eigenvalue weighted by Gasteiger charge is 2.30. The molecule has 2 nitrogen and oxygen atoms in total. The average Bonchev–Trinajstić information content (AvgIpc) is 2.27. The zero-order valence-electron chi connectivity index (χ0n) is 9.08. The Morgan fingerprint density at radius 1 is 1.35 bits per heavy atom. The first-order chi connectivity index (χ1) is 7.84. The fourth-order valence-electron chi connectivity index (χ4n) is 1.29. The highest BCUT2D eigenvalue weighted by molar-refractivity contribution is 5.96. The topological polar surface area (TPSA) is 40.9 Å². The molecule has 0 N–H and O–H groups in total. The van der Waals surface area contributed by atoms with Crippen LogP contribution in [0.5, 0.6) is 0 Å². The van der Waals surface area contributed by atoms with Crippen molar-refractivity contribution in [2.24, 2.45) is 5.92 Å². The van der Waals surface area contributed by atoms with Crippen molar-refractivity contribution in [2.45, 2.75) is 19.5 Å². The van der Waals surface area contributed by atoms with Crippen LogP contribution in [-0.4, -0.2) is 5.78 Å². The summed E-state index contributed by atoms with van der Waals surface area (Å²) in [6.45, 7) is 1.59. The number of hydrogen-bond acceptors (Lipinski definition) is 2. The summed E-state index contributed by atoms with van der Waals surface area (Å²) >= 11 is 0. The number of carbonyl (C=O) groups excluding carboxylic acids is 1. The van der Waals surface area contributed by atoms with Crippen molar-refractivity contribution in [1.29, 1.82) is 5.26 Å². The third-order valence-corrected chi connectivity index (χ3v) is 2.25. The summed E-state index contributed by atoms with van der Waals surface area (Å²) in [4.78, 5) is 11.5. The molecule has 0 radical (unpaired) electrons. The van der Waals surface area contributed by atoms with E-state index in [9.17, 15) is 18.0 Å². The lowest BCUT2D eigenvalue weighted by Gasteiger charge is -2.07. The molecule has 0 aliphatic heterocycles. The lowest BCUT2D eigenvalue weighted by molar-refractivity contribution is -0.137. The van der Waals surface area contributed by atoms with Gasteiger partial charge in [-0.25, -0.2) is 0 Å². The van der Waals surface area contributed by atoms with E-state index in [1.807, 2.05) is 6.07 Å². The Kier molecular flexibility index (Phi) is 3.89. The van der Waals surface area contributed by atoms with Gasteiger partial charge >= 0.3 is 6.18 Å². The van der Waals surface area contributed by atoms with Gasteiger partial charge in [0.05, 0.1) is 17.6 Å². The molecule has 1 rings (SSSR count). The second-order valence-corrected chi connectivity index (χ2v) is 3.73. The minimum absolute atomic E-state index is 0.0157. The van der Waals surface area contributed by atoms with E-state index in [0.29, 0.717) is 0 Å². The molecule has 1 atom stereocenters. The number of carbonyl (C=O) groups is 1. The lowest BCUT2D eigenvalue weighted by Crippen LogP contribution is -2.07. The van der Waals surface area contributed by atoms with Gasteiger partial charge in [-0.1, -0.05) is 12.1 Å². The van der Waals surface area contributed by atoms with Crippen molar-refractivity contribution < 1.29 is 18.0 Å². The Balaban J connectivity index is 2.82. The predicted molar refractivity (Wildman–Crippen MR) is 55.2 cm³/mol. The van der Waals surface area contributed by atoms with Gasteiger partial charge in [-0.3, -0.25) is 4.79 Å². The van der Waals surface area contributed by atoms with Crippen LogP contribution < -0.4 is 0 Å². The summed E-state index contributed by atoms with van der Waals surface area (Å²) in [6.07, 6.45) is -4.39. The number of benzene rings is 1. The predicted octanol–water partition coefficient (Wildman–Crippen LogP) is 3.44. The van der Waals surface area contributed by atoms with E-state index < -0.39 is 17.7 Å². The van der Waals surface area contributed by atoms with E-state index in [1.54, 1.807) is 6.92 Å². The van der Waals surface area contributed by atoms with Gasteiger partial charge < -0.3 is 0 Å². The summed E-state index contributed by atoms with van der Waals surface area (Å²) < 4.78 is 36.8. The van der Waals surface area contributed by atoms with E-state index in [0.717, 1.165) is 24.3 Å². The summed E-state index contributed by atoms with van der Waals surface area (Å²) in [6, 6.07) is 5.90. The van der Waals surface area contributed by atoms with Gasteiger partial charge in [0.2, 0.25) is 0 Å². The molecule has 0 unspecified atom stereocenters. The van der Waals surface area contributed by atoms with Gasteiger partial charge in [-0.15, -0.1) is 0 Å². The molecule has 17 heavy (non-hydrogen) atoms. The summed E-state index contributed by atoms with van der Waals surface area (Å²) in [5.41, 5.74) is -0.595. The number of hydrogen-bond donors (Lipinski definition) is 0. The standard InChI is InChI=1S/C12H10F3NO/c1-8(7-16)6-11(17)9-2-4-10(5-3-9)12(13,14)15/h2-5,8H,6H2,1H3/t8-/m0/s1. The molecule has 0 heterocycles. The molecule has 0 aliphatic carbocycles. The Morgan fingerprint density at radius 2 is 1.88 bits per heavy atom. The molecular weight excluding hydrogens is 231 g/mol. The first kappa shape index (κ1) is 13.2. The lowest BCUT2D eigenvalue weighted by atomic mass is 10.00. The second-order valence-electron chi connectivity index (χ2n) is 3.73. The maximum Gasteiger partial charge on any atom is 0.416 e. The van der Waals surface area contributed by atoms with Crippen LogP contribution in [-0.2, 0) is 6.18 Å². The van der Waals surface area contributed by atoms with Crippen LogP contribution in [0.1, 0.15) is 29.3 Å². The molecular formula is C12H10F3NO. The third-order valence-electron chi connectivity index (χ3n) is 2.25. The van der Waals surface area contributed by atoms with Crippen LogP contribution in [0, 0.1) is 17.2 Å². The molecule has 0 bridgehead atoms. The fourth-order valence-corrected chi connectivity index (χ4v) is 1.29. The van der Waals surface area contributed by atoms with Crippen molar-refractivity contribution >= 4 is 5.78 Å². The summed E-state index contributed by atoms with van der Waals surface area (Å²) in [5.74, 6) is -0.766. The van der Waals surface area contributed by atoms with Crippen molar-refractivity contribution in [1.82, 2.24) is 0 Å². The third kappa shape index (κ3) is 3.59. The Hall–Kier alpha value is -1.83. The van der Waals surface area contributed by atoms with E-state index in [4.69, 9.17) is 5.26 Å². The second kappa shape index (κ2) is 5.00. The highest BCUT2D eigenvalue weighted by atomic mass is 19.4. The summed E-state index contributed by atoms with van der Waals surface area (Å²) in [7, 11) is 0. The van der Waals surface area contributed by atoms with Crippen LogP contribution in [0.2, 0.25) is 0 Å². The maximum absolute atomic E-state index is 12.3. The Bertz CT molecular complexity index is 442. The molecule has 90 valence electrons. The molecule has 0 aromatic heterocycles. The van der Waals surface area contributed by atoms with Crippen LogP contribution in [0.15, 0.2) is 24.3 Å². The highest BCUT2D eigenvalue weighted by Crippen LogP contribution is 2.29. The molecule has 1 aromatic carbocycles. The smallest absolute Gasteiger partial charge is 0.294 e. The minimum Gasteiger partial charge on any atom is -0.294 e. The number of Topliss-reactive ketones (excluding diaryl/α,β-unsaturated/α-hetero) is 1. The number of ketones is 1. The number of alkyl halides is 3. The van der Waals surface area contributed by atoms with Gasteiger partial charge in [0.15, 0.2) is 5.78 Å². The molecule has 0 aliphatic rings. The zero-order valence-corrected chi connectivity index (χ0v) is 9.08. The van der Waals surface area contributed by atoms with Gasteiger partial charge in [0, 0.05) is 12.0 Å². The first-order valence-electron chi connectivity index (χ1n) is 4.94. The number of nitrogens with zero attached hydrogens (tertiary/aromatic N) is 1. The maximum atomic E-state index is 12.3. The molecule has 1 aromatic rings. The number of halogens is 3. The minimum atomic E-state index is -4.40. The molecule has 0 saturated heterocycles. The monoisotopic (exact) mass is 241 g/mol. The number of rotatable bonds is 3. The quantitative estimate of drug-likeness (QED) is 0.760. The average molecular weight is 241 g/mol. The molecule has 0 saturated carbocycles. The largest absolute Gasteiger partial charge is 0.416 e. The molecule has 0 amide bonds. The van der Waals surface area contributed by atoms with Crippen LogP contribution in [0.4, 0.5) is 13.2 Å². The Morgan fingerprint density at radius 3 is 2.29 bits per heavy atom. The number of nitriles is 1. The molecule has 0 spiro atoms. The molecule has 0 fully saturated rings. The normalized spacial score (nSPS) is 12.9. The summed E-state index contributed by atoms with van der Waals surface area (Å²) in [5, 5.41) is 8.53. The Labute approximate surface area is 96.7 Å². The van der Waals surface area contributed by atoms with Crippen LogP contribution in [0.3, 0.4) is 0 Å².